The first-order valence-electron chi connectivity index (χ1n) is 13.0. The zero-order valence-electron chi connectivity index (χ0n) is 20.4. The molecule has 6 nitrogen and oxygen atoms in total. The number of anilines is 1. The van der Waals surface area contributed by atoms with Crippen LogP contribution in [-0.4, -0.2) is 54.4 Å². The van der Waals surface area contributed by atoms with E-state index in [1.165, 1.54) is 44.3 Å². The Morgan fingerprint density at radius 2 is 1.83 bits per heavy atom. The van der Waals surface area contributed by atoms with E-state index in [-0.39, 0.29) is 17.7 Å². The van der Waals surface area contributed by atoms with E-state index >= 15 is 0 Å². The van der Waals surface area contributed by atoms with Gasteiger partial charge < -0.3 is 15.1 Å². The lowest BCUT2D eigenvalue weighted by atomic mass is 9.95. The van der Waals surface area contributed by atoms with Crippen LogP contribution in [0.3, 0.4) is 0 Å². The molecule has 0 bridgehead atoms. The van der Waals surface area contributed by atoms with Crippen molar-refractivity contribution in [3.63, 3.8) is 0 Å². The molecule has 3 heterocycles. The van der Waals surface area contributed by atoms with E-state index in [9.17, 15) is 9.59 Å². The second-order valence-corrected chi connectivity index (χ2v) is 11.1. The number of pyridine rings is 1. The molecule has 2 saturated heterocycles. The van der Waals surface area contributed by atoms with Crippen LogP contribution in [0.25, 0.3) is 10.9 Å². The molecular formula is C29H31ClN4O2. The van der Waals surface area contributed by atoms with Gasteiger partial charge in [-0.25, -0.2) is 4.98 Å². The van der Waals surface area contributed by atoms with Crippen molar-refractivity contribution in [2.24, 2.45) is 5.92 Å². The number of nitrogens with zero attached hydrogens (tertiary/aromatic N) is 3. The van der Waals surface area contributed by atoms with E-state index in [0.29, 0.717) is 35.6 Å². The van der Waals surface area contributed by atoms with Gasteiger partial charge in [-0.05, 0) is 80.7 Å². The van der Waals surface area contributed by atoms with Gasteiger partial charge in [0, 0.05) is 53.5 Å². The molecule has 1 aliphatic carbocycles. The highest BCUT2D eigenvalue weighted by Gasteiger charge is 2.45. The number of carbonyl (C=O) groups is 2. The van der Waals surface area contributed by atoms with Gasteiger partial charge in [-0.3, -0.25) is 9.59 Å². The second kappa shape index (κ2) is 9.49. The van der Waals surface area contributed by atoms with Crippen molar-refractivity contribution in [2.75, 3.05) is 37.6 Å². The van der Waals surface area contributed by atoms with Crippen molar-refractivity contribution in [1.82, 2.24) is 15.2 Å². The average Bonchev–Trinajstić information content (AvgIpc) is 3.29. The molecule has 6 rings (SSSR count). The Morgan fingerprint density at radius 3 is 2.58 bits per heavy atom. The summed E-state index contributed by atoms with van der Waals surface area (Å²) in [6, 6.07) is 17.6. The molecular weight excluding hydrogens is 472 g/mol. The average molecular weight is 503 g/mol. The van der Waals surface area contributed by atoms with Crippen LogP contribution in [-0.2, 0) is 10.2 Å². The Labute approximate surface area is 216 Å². The highest BCUT2D eigenvalue weighted by molar-refractivity contribution is 6.31. The standard InChI is InChI=1S/C29H31ClN4O2/c30-23-6-10-25-21(16-23)3-9-26(32-25)28(36)31-17-20-15-27(35)34(18-20)24-7-4-22(5-8-24)29(11-12-29)19-33-13-1-2-14-33/h3-10,16,20H,1-2,11-15,17-19H2,(H,31,36). The fraction of sp³-hybridized carbons (Fsp3) is 0.414. The summed E-state index contributed by atoms with van der Waals surface area (Å²) in [7, 11) is 0. The number of rotatable bonds is 7. The van der Waals surface area contributed by atoms with Gasteiger partial charge in [0.05, 0.1) is 5.52 Å². The van der Waals surface area contributed by atoms with Gasteiger partial charge >= 0.3 is 0 Å². The molecule has 2 amide bonds. The first-order chi connectivity index (χ1) is 17.5. The van der Waals surface area contributed by atoms with Crippen LogP contribution >= 0.6 is 11.6 Å². The van der Waals surface area contributed by atoms with Crippen molar-refractivity contribution in [3.8, 4) is 0 Å². The van der Waals surface area contributed by atoms with E-state index in [2.05, 4.69) is 39.5 Å². The first kappa shape index (κ1) is 23.4. The van der Waals surface area contributed by atoms with Crippen LogP contribution in [0.15, 0.2) is 54.6 Å². The van der Waals surface area contributed by atoms with Crippen LogP contribution in [0.4, 0.5) is 5.69 Å². The minimum absolute atomic E-state index is 0.0744. The lowest BCUT2D eigenvalue weighted by molar-refractivity contribution is -0.117. The van der Waals surface area contributed by atoms with Crippen LogP contribution in [0.2, 0.25) is 5.02 Å². The zero-order chi connectivity index (χ0) is 24.7. The second-order valence-electron chi connectivity index (χ2n) is 10.6. The number of hydrogen-bond acceptors (Lipinski definition) is 4. The summed E-state index contributed by atoms with van der Waals surface area (Å²) in [5.41, 5.74) is 3.76. The maximum Gasteiger partial charge on any atom is 0.269 e. The molecule has 1 N–H and O–H groups in total. The lowest BCUT2D eigenvalue weighted by Gasteiger charge is -2.24. The van der Waals surface area contributed by atoms with E-state index in [1.807, 2.05) is 23.1 Å². The predicted molar refractivity (Wildman–Crippen MR) is 143 cm³/mol. The molecule has 2 aromatic carbocycles. The van der Waals surface area contributed by atoms with Crippen LogP contribution in [0, 0.1) is 5.92 Å². The molecule has 186 valence electrons. The zero-order valence-corrected chi connectivity index (χ0v) is 21.1. The van der Waals surface area contributed by atoms with Crippen molar-refractivity contribution < 1.29 is 9.59 Å². The van der Waals surface area contributed by atoms with Crippen LogP contribution in [0.1, 0.15) is 48.2 Å². The third-order valence-corrected chi connectivity index (χ3v) is 8.25. The Morgan fingerprint density at radius 1 is 1.06 bits per heavy atom. The normalized spacial score (nSPS) is 21.3. The highest BCUT2D eigenvalue weighted by Crippen LogP contribution is 2.49. The number of amides is 2. The molecule has 3 aromatic rings. The monoisotopic (exact) mass is 502 g/mol. The molecule has 7 heteroatoms. The summed E-state index contributed by atoms with van der Waals surface area (Å²) in [5.74, 6) is -0.0407. The number of hydrogen-bond donors (Lipinski definition) is 1. The van der Waals surface area contributed by atoms with Gasteiger partial charge in [0.25, 0.3) is 5.91 Å². The number of likely N-dealkylation sites (tertiary alicyclic amines) is 1. The quantitative estimate of drug-likeness (QED) is 0.504. The lowest BCUT2D eigenvalue weighted by Crippen LogP contribution is -2.32. The molecule has 0 radical (unpaired) electrons. The largest absolute Gasteiger partial charge is 0.350 e. The fourth-order valence-electron chi connectivity index (χ4n) is 5.77. The van der Waals surface area contributed by atoms with Crippen molar-refractivity contribution in [2.45, 2.75) is 37.5 Å². The summed E-state index contributed by atoms with van der Waals surface area (Å²) in [5, 5.41) is 4.50. The molecule has 1 saturated carbocycles. The van der Waals surface area contributed by atoms with E-state index in [4.69, 9.17) is 11.6 Å². The summed E-state index contributed by atoms with van der Waals surface area (Å²) < 4.78 is 0. The van der Waals surface area contributed by atoms with Gasteiger partial charge in [0.15, 0.2) is 0 Å². The van der Waals surface area contributed by atoms with E-state index in [1.54, 1.807) is 12.1 Å². The van der Waals surface area contributed by atoms with Gasteiger partial charge in [-0.1, -0.05) is 29.8 Å². The molecule has 3 fully saturated rings. The maximum absolute atomic E-state index is 12.8. The van der Waals surface area contributed by atoms with Gasteiger partial charge in [-0.15, -0.1) is 0 Å². The third kappa shape index (κ3) is 4.72. The van der Waals surface area contributed by atoms with Gasteiger partial charge in [0.2, 0.25) is 5.91 Å². The Hall–Kier alpha value is -2.96. The molecule has 3 aliphatic rings. The van der Waals surface area contributed by atoms with Gasteiger partial charge in [0.1, 0.15) is 5.69 Å². The van der Waals surface area contributed by atoms with Crippen molar-refractivity contribution in [3.05, 3.63) is 70.9 Å². The Bertz CT molecular complexity index is 1300. The predicted octanol–water partition coefficient (Wildman–Crippen LogP) is 4.80. The smallest absolute Gasteiger partial charge is 0.269 e. The number of halogens is 1. The molecule has 2 aliphatic heterocycles. The Kier molecular flexibility index (Phi) is 6.18. The number of nitrogens with one attached hydrogen (secondary N) is 1. The molecule has 1 unspecified atom stereocenters. The molecule has 0 spiro atoms. The summed E-state index contributed by atoms with van der Waals surface area (Å²) in [6.45, 7) is 4.67. The third-order valence-electron chi connectivity index (χ3n) is 8.01. The molecule has 36 heavy (non-hydrogen) atoms. The van der Waals surface area contributed by atoms with Crippen LogP contribution < -0.4 is 10.2 Å². The first-order valence-corrected chi connectivity index (χ1v) is 13.3. The SMILES string of the molecule is O=C(NCC1CC(=O)N(c2ccc(C3(CN4CCCC4)CC3)cc2)C1)c1ccc2cc(Cl)ccc2n1. The number of fused-ring (bicyclic) bond motifs is 1. The highest BCUT2D eigenvalue weighted by atomic mass is 35.5. The minimum atomic E-state index is -0.227. The van der Waals surface area contributed by atoms with Gasteiger partial charge in [-0.2, -0.15) is 0 Å². The number of benzene rings is 2. The summed E-state index contributed by atoms with van der Waals surface area (Å²) >= 11 is 6.03. The topological polar surface area (TPSA) is 65.5 Å². The van der Waals surface area contributed by atoms with E-state index < -0.39 is 0 Å². The summed E-state index contributed by atoms with van der Waals surface area (Å²) in [4.78, 5) is 34.4. The van der Waals surface area contributed by atoms with E-state index in [0.717, 1.165) is 23.1 Å². The van der Waals surface area contributed by atoms with Crippen LogP contribution in [0.5, 0.6) is 0 Å². The number of aromatic nitrogens is 1. The summed E-state index contributed by atoms with van der Waals surface area (Å²) in [6.07, 6.45) is 5.59. The number of carbonyl (C=O) groups excluding carboxylic acids is 2. The minimum Gasteiger partial charge on any atom is -0.350 e. The fourth-order valence-corrected chi connectivity index (χ4v) is 5.95. The molecule has 1 atom stereocenters. The molecule has 1 aromatic heterocycles. The Balaban J connectivity index is 1.06. The van der Waals surface area contributed by atoms with Crippen molar-refractivity contribution in [1.29, 1.82) is 0 Å². The maximum atomic E-state index is 12.8. The van der Waals surface area contributed by atoms with Crippen molar-refractivity contribution >= 4 is 40.0 Å².